The van der Waals surface area contributed by atoms with E-state index in [1.807, 2.05) is 0 Å². The second kappa shape index (κ2) is 5.99. The van der Waals surface area contributed by atoms with Crippen LogP contribution in [-0.4, -0.2) is 28.8 Å². The minimum Gasteiger partial charge on any atom is -0.394 e. The molecule has 17 heavy (non-hydrogen) atoms. The summed E-state index contributed by atoms with van der Waals surface area (Å²) in [5, 5.41) is 21.5. The van der Waals surface area contributed by atoms with E-state index in [1.165, 1.54) is 6.92 Å². The van der Waals surface area contributed by atoms with Crippen molar-refractivity contribution in [1.29, 1.82) is 0 Å². The van der Waals surface area contributed by atoms with Crippen molar-refractivity contribution in [3.8, 4) is 0 Å². The maximum absolute atomic E-state index is 10.9. The van der Waals surface area contributed by atoms with Gasteiger partial charge < -0.3 is 15.5 Å². The van der Waals surface area contributed by atoms with Gasteiger partial charge in [-0.05, 0) is 5.56 Å². The summed E-state index contributed by atoms with van der Waals surface area (Å²) in [7, 11) is 0. The van der Waals surface area contributed by atoms with Gasteiger partial charge in [-0.3, -0.25) is 4.79 Å². The summed E-state index contributed by atoms with van der Waals surface area (Å²) in [5.41, 5.74) is 1.02. The van der Waals surface area contributed by atoms with Crippen molar-refractivity contribution in [1.82, 2.24) is 5.32 Å². The number of aliphatic hydroxyl groups is 2. The molecule has 5 nitrogen and oxygen atoms in total. The maximum atomic E-state index is 10.9. The molecule has 0 spiro atoms. The van der Waals surface area contributed by atoms with Crippen LogP contribution >= 0.6 is 0 Å². The molecule has 0 bridgehead atoms. The molecule has 3 N–H and O–H groups in total. The highest BCUT2D eigenvalue weighted by Crippen LogP contribution is 2.20. The lowest BCUT2D eigenvalue weighted by Gasteiger charge is -2.21. The quantitative estimate of drug-likeness (QED) is 0.674. The van der Waals surface area contributed by atoms with Gasteiger partial charge in [-0.2, -0.15) is 0 Å². The summed E-state index contributed by atoms with van der Waals surface area (Å²) in [5.74, 6) is -0.319. The second-order valence-electron chi connectivity index (χ2n) is 3.64. The van der Waals surface area contributed by atoms with Crippen LogP contribution in [0.4, 0.5) is 5.69 Å². The van der Waals surface area contributed by atoms with E-state index in [9.17, 15) is 9.90 Å². The van der Waals surface area contributed by atoms with Crippen LogP contribution in [0.25, 0.3) is 4.85 Å². The van der Waals surface area contributed by atoms with Crippen LogP contribution < -0.4 is 5.32 Å². The number of nitrogens with zero attached hydrogens (tertiary/aromatic N) is 1. The molecule has 0 aliphatic rings. The average molecular weight is 234 g/mol. The smallest absolute Gasteiger partial charge is 0.217 e. The first kappa shape index (κ1) is 13.2. The number of carbonyl (C=O) groups excluding carboxylic acids is 1. The zero-order valence-electron chi connectivity index (χ0n) is 9.42. The van der Waals surface area contributed by atoms with Crippen LogP contribution in [0.15, 0.2) is 24.3 Å². The number of carbonyl (C=O) groups is 1. The van der Waals surface area contributed by atoms with Crippen molar-refractivity contribution in [2.75, 3.05) is 6.61 Å². The highest BCUT2D eigenvalue weighted by atomic mass is 16.3. The normalized spacial score (nSPS) is 13.5. The molecule has 0 aromatic heterocycles. The van der Waals surface area contributed by atoms with Crippen molar-refractivity contribution in [2.24, 2.45) is 0 Å². The number of nitrogens with one attached hydrogen (secondary N) is 1. The van der Waals surface area contributed by atoms with Crippen molar-refractivity contribution >= 4 is 11.6 Å². The van der Waals surface area contributed by atoms with Gasteiger partial charge in [0, 0.05) is 6.92 Å². The number of amides is 1. The van der Waals surface area contributed by atoms with E-state index in [2.05, 4.69) is 10.2 Å². The first-order valence-electron chi connectivity index (χ1n) is 5.12. The van der Waals surface area contributed by atoms with Gasteiger partial charge >= 0.3 is 0 Å². The summed E-state index contributed by atoms with van der Waals surface area (Å²) in [4.78, 5) is 14.1. The van der Waals surface area contributed by atoms with Gasteiger partial charge in [-0.15, -0.1) is 0 Å². The van der Waals surface area contributed by atoms with Crippen LogP contribution in [0.1, 0.15) is 18.6 Å². The summed E-state index contributed by atoms with van der Waals surface area (Å²) in [6.45, 7) is 7.76. The van der Waals surface area contributed by atoms with Gasteiger partial charge in [0.25, 0.3) is 0 Å². The Labute approximate surface area is 99.5 Å². The van der Waals surface area contributed by atoms with Gasteiger partial charge in [-0.1, -0.05) is 24.3 Å². The van der Waals surface area contributed by atoms with Gasteiger partial charge in [-0.25, -0.2) is 4.85 Å². The Morgan fingerprint density at radius 2 is 2.06 bits per heavy atom. The fourth-order valence-corrected chi connectivity index (χ4v) is 1.46. The fourth-order valence-electron chi connectivity index (χ4n) is 1.46. The lowest BCUT2D eigenvalue weighted by atomic mass is 10.0. The fraction of sp³-hybridized carbons (Fsp3) is 0.333. The molecule has 0 aliphatic carbocycles. The Morgan fingerprint density at radius 1 is 1.47 bits per heavy atom. The Kier molecular flexibility index (Phi) is 4.64. The van der Waals surface area contributed by atoms with Gasteiger partial charge in [0.15, 0.2) is 5.69 Å². The summed E-state index contributed by atoms with van der Waals surface area (Å²) in [6, 6.07) is 5.61. The van der Waals surface area contributed by atoms with E-state index < -0.39 is 12.1 Å². The van der Waals surface area contributed by atoms with Crippen molar-refractivity contribution in [3.63, 3.8) is 0 Å². The van der Waals surface area contributed by atoms with E-state index in [1.54, 1.807) is 24.3 Å². The molecule has 0 aliphatic heterocycles. The first-order valence-corrected chi connectivity index (χ1v) is 5.12. The molecule has 0 saturated carbocycles. The molecule has 5 heteroatoms. The van der Waals surface area contributed by atoms with Gasteiger partial charge in [0.2, 0.25) is 5.91 Å². The molecule has 90 valence electrons. The molecule has 1 aromatic rings. The summed E-state index contributed by atoms with van der Waals surface area (Å²) < 4.78 is 0. The standard InChI is InChI=1S/C12H14N2O3/c1-8(16)14-11(7-15)12(17)9-3-5-10(13-2)6-4-9/h3-6,11-12,15,17H,7H2,1H3,(H,14,16). The Morgan fingerprint density at radius 3 is 2.47 bits per heavy atom. The molecule has 1 rings (SSSR count). The second-order valence-corrected chi connectivity index (χ2v) is 3.64. The monoisotopic (exact) mass is 234 g/mol. The van der Waals surface area contributed by atoms with Crippen molar-refractivity contribution in [3.05, 3.63) is 41.2 Å². The van der Waals surface area contributed by atoms with E-state index in [-0.39, 0.29) is 12.5 Å². The highest BCUT2D eigenvalue weighted by Gasteiger charge is 2.20. The number of benzene rings is 1. The van der Waals surface area contributed by atoms with Crippen LogP contribution in [0.2, 0.25) is 0 Å². The topological polar surface area (TPSA) is 73.9 Å². The van der Waals surface area contributed by atoms with Crippen molar-refractivity contribution in [2.45, 2.75) is 19.1 Å². The highest BCUT2D eigenvalue weighted by molar-refractivity contribution is 5.73. The molecule has 0 radical (unpaired) electrons. The molecule has 0 heterocycles. The number of rotatable bonds is 4. The third-order valence-electron chi connectivity index (χ3n) is 2.33. The van der Waals surface area contributed by atoms with Crippen LogP contribution in [-0.2, 0) is 4.79 Å². The molecule has 1 amide bonds. The zero-order chi connectivity index (χ0) is 12.8. The lowest BCUT2D eigenvalue weighted by molar-refractivity contribution is -0.121. The summed E-state index contributed by atoms with van der Waals surface area (Å²) >= 11 is 0. The Hall–Kier alpha value is -1.90. The van der Waals surface area contributed by atoms with E-state index >= 15 is 0 Å². The third kappa shape index (κ3) is 3.55. The largest absolute Gasteiger partial charge is 0.394 e. The number of aliphatic hydroxyl groups excluding tert-OH is 2. The maximum Gasteiger partial charge on any atom is 0.217 e. The number of hydrogen-bond acceptors (Lipinski definition) is 3. The minimum atomic E-state index is -0.997. The van der Waals surface area contributed by atoms with Gasteiger partial charge in [0.05, 0.1) is 19.2 Å². The molecule has 0 saturated heterocycles. The zero-order valence-corrected chi connectivity index (χ0v) is 9.42. The van der Waals surface area contributed by atoms with E-state index in [4.69, 9.17) is 11.7 Å². The van der Waals surface area contributed by atoms with Crippen LogP contribution in [0.5, 0.6) is 0 Å². The van der Waals surface area contributed by atoms with Crippen LogP contribution in [0, 0.1) is 6.57 Å². The minimum absolute atomic E-state index is 0.319. The SMILES string of the molecule is [C-]#[N+]c1ccc(C(O)C(CO)NC(C)=O)cc1. The predicted octanol–water partition coefficient (Wildman–Crippen LogP) is 0.768. The first-order chi connectivity index (χ1) is 8.08. The Balaban J connectivity index is 2.82. The molecular formula is C12H14N2O3. The predicted molar refractivity (Wildman–Crippen MR) is 62.4 cm³/mol. The average Bonchev–Trinajstić information content (AvgIpc) is 2.35. The molecule has 2 atom stereocenters. The lowest BCUT2D eigenvalue weighted by Crippen LogP contribution is -2.40. The van der Waals surface area contributed by atoms with Gasteiger partial charge in [0.1, 0.15) is 6.10 Å². The van der Waals surface area contributed by atoms with Crippen LogP contribution in [0.3, 0.4) is 0 Å². The van der Waals surface area contributed by atoms with E-state index in [0.717, 1.165) is 0 Å². The molecular weight excluding hydrogens is 220 g/mol. The molecule has 1 aromatic carbocycles. The van der Waals surface area contributed by atoms with E-state index in [0.29, 0.717) is 11.3 Å². The molecule has 2 unspecified atom stereocenters. The number of hydrogen-bond donors (Lipinski definition) is 3. The molecule has 0 fully saturated rings. The summed E-state index contributed by atoms with van der Waals surface area (Å²) in [6.07, 6.45) is -0.997. The third-order valence-corrected chi connectivity index (χ3v) is 2.33. The Bertz CT molecular complexity index is 422. The van der Waals surface area contributed by atoms with Crippen molar-refractivity contribution < 1.29 is 15.0 Å².